The molecule has 35 heavy (non-hydrogen) atoms. The summed E-state index contributed by atoms with van der Waals surface area (Å²) in [6.45, 7) is 12.4. The van der Waals surface area contributed by atoms with Gasteiger partial charge in [0.05, 0.1) is 11.7 Å². The van der Waals surface area contributed by atoms with Crippen LogP contribution in [-0.2, 0) is 6.54 Å². The Bertz CT molecular complexity index is 1340. The van der Waals surface area contributed by atoms with Crippen molar-refractivity contribution >= 4 is 22.5 Å². The molecule has 0 spiro atoms. The van der Waals surface area contributed by atoms with Gasteiger partial charge in [0.15, 0.2) is 0 Å². The van der Waals surface area contributed by atoms with Gasteiger partial charge in [0.1, 0.15) is 24.0 Å². The highest BCUT2D eigenvalue weighted by atomic mass is 16.5. The first-order chi connectivity index (χ1) is 17.0. The van der Waals surface area contributed by atoms with Crippen molar-refractivity contribution in [3.8, 4) is 16.9 Å². The lowest BCUT2D eigenvalue weighted by Crippen LogP contribution is -2.27. The predicted molar refractivity (Wildman–Crippen MR) is 143 cm³/mol. The van der Waals surface area contributed by atoms with Gasteiger partial charge in [-0.1, -0.05) is 38.1 Å². The largest absolute Gasteiger partial charge is 0.491 e. The lowest BCUT2D eigenvalue weighted by molar-refractivity contribution is 0.222. The number of rotatable bonds is 10. The van der Waals surface area contributed by atoms with Gasteiger partial charge in [0.25, 0.3) is 5.56 Å². The molecule has 0 aliphatic heterocycles. The Kier molecular flexibility index (Phi) is 7.77. The molecule has 182 valence electrons. The van der Waals surface area contributed by atoms with E-state index in [1.165, 1.54) is 0 Å². The normalized spacial score (nSPS) is 11.2. The van der Waals surface area contributed by atoms with Crippen molar-refractivity contribution in [1.29, 1.82) is 0 Å². The van der Waals surface area contributed by atoms with E-state index in [0.717, 1.165) is 47.4 Å². The van der Waals surface area contributed by atoms with Crippen molar-refractivity contribution in [3.05, 3.63) is 76.8 Å². The smallest absolute Gasteiger partial charge is 0.258 e. The number of likely N-dealkylation sites (N-methyl/N-ethyl adjacent to an activating group) is 1. The summed E-state index contributed by atoms with van der Waals surface area (Å²) in [6, 6.07) is 15.6. The van der Waals surface area contributed by atoms with Gasteiger partial charge in [0.2, 0.25) is 0 Å². The van der Waals surface area contributed by atoms with Gasteiger partial charge in [-0.05, 0) is 56.3 Å². The zero-order chi connectivity index (χ0) is 24.8. The number of anilines is 2. The van der Waals surface area contributed by atoms with Crippen LogP contribution in [0, 0.1) is 6.92 Å². The molecule has 3 aromatic heterocycles. The molecular weight excluding hydrogens is 438 g/mol. The Labute approximate surface area is 206 Å². The summed E-state index contributed by atoms with van der Waals surface area (Å²) < 4.78 is 7.61. The lowest BCUT2D eigenvalue weighted by atomic mass is 10.0. The van der Waals surface area contributed by atoms with Crippen LogP contribution in [0.3, 0.4) is 0 Å². The summed E-state index contributed by atoms with van der Waals surface area (Å²) in [7, 11) is 0. The van der Waals surface area contributed by atoms with E-state index >= 15 is 0 Å². The fourth-order valence-electron chi connectivity index (χ4n) is 4.23. The van der Waals surface area contributed by atoms with Crippen molar-refractivity contribution in [2.45, 2.75) is 34.2 Å². The number of fused-ring (bicyclic) bond motifs is 1. The second-order valence-corrected chi connectivity index (χ2v) is 8.43. The maximum Gasteiger partial charge on any atom is 0.258 e. The highest BCUT2D eigenvalue weighted by Gasteiger charge is 2.13. The number of hydrogen-bond acceptors (Lipinski definition) is 6. The minimum absolute atomic E-state index is 0.00390. The van der Waals surface area contributed by atoms with Gasteiger partial charge in [-0.25, -0.2) is 9.97 Å². The summed E-state index contributed by atoms with van der Waals surface area (Å²) >= 11 is 0. The average molecular weight is 472 g/mol. The number of nitrogens with one attached hydrogen (secondary N) is 1. The van der Waals surface area contributed by atoms with E-state index in [1.54, 1.807) is 17.0 Å². The Balaban J connectivity index is 1.54. The predicted octanol–water partition coefficient (Wildman–Crippen LogP) is 5.25. The van der Waals surface area contributed by atoms with Crippen LogP contribution in [0.2, 0.25) is 0 Å². The van der Waals surface area contributed by atoms with E-state index in [-0.39, 0.29) is 5.56 Å². The molecule has 7 nitrogen and oxygen atoms in total. The second kappa shape index (κ2) is 11.1. The van der Waals surface area contributed by atoms with Crippen molar-refractivity contribution < 1.29 is 4.74 Å². The number of benzene rings is 1. The number of pyridine rings is 3. The molecule has 4 aromatic rings. The minimum atomic E-state index is -0.00390. The molecule has 3 heterocycles. The van der Waals surface area contributed by atoms with Crippen LogP contribution in [-0.4, -0.2) is 45.7 Å². The Morgan fingerprint density at radius 2 is 1.71 bits per heavy atom. The molecule has 0 bridgehead atoms. The topological polar surface area (TPSA) is 72.3 Å². The maximum atomic E-state index is 13.3. The standard InChI is InChI=1S/C28H33N5O2/c1-5-32(6-2)14-15-35-22-12-13-26(30-19-22)31-27-17-25-21(18-29-27)16-24(28(34)33(25)7-3)23-11-9-8-10-20(23)4/h8-13,16-19H,5-7,14-15H2,1-4H3,(H,29,30,31). The van der Waals surface area contributed by atoms with Crippen LogP contribution in [0.15, 0.2) is 65.7 Å². The van der Waals surface area contributed by atoms with E-state index in [0.29, 0.717) is 30.4 Å². The fourth-order valence-corrected chi connectivity index (χ4v) is 4.23. The molecule has 0 radical (unpaired) electrons. The maximum absolute atomic E-state index is 13.3. The molecule has 1 N–H and O–H groups in total. The average Bonchev–Trinajstić information content (AvgIpc) is 2.88. The number of nitrogens with zero attached hydrogens (tertiary/aromatic N) is 4. The van der Waals surface area contributed by atoms with Gasteiger partial charge in [-0.2, -0.15) is 0 Å². The van der Waals surface area contributed by atoms with Crippen LogP contribution in [0.1, 0.15) is 26.3 Å². The van der Waals surface area contributed by atoms with Crippen LogP contribution >= 0.6 is 0 Å². The van der Waals surface area contributed by atoms with E-state index in [1.807, 2.05) is 62.4 Å². The van der Waals surface area contributed by atoms with Crippen molar-refractivity contribution in [2.24, 2.45) is 0 Å². The van der Waals surface area contributed by atoms with Crippen molar-refractivity contribution in [3.63, 3.8) is 0 Å². The molecule has 7 heteroatoms. The van der Waals surface area contributed by atoms with Crippen molar-refractivity contribution in [1.82, 2.24) is 19.4 Å². The van der Waals surface area contributed by atoms with Crippen LogP contribution < -0.4 is 15.6 Å². The third-order valence-electron chi connectivity index (χ3n) is 6.29. The molecule has 0 saturated heterocycles. The summed E-state index contributed by atoms with van der Waals surface area (Å²) in [6.07, 6.45) is 3.51. The third-order valence-corrected chi connectivity index (χ3v) is 6.29. The highest BCUT2D eigenvalue weighted by Crippen LogP contribution is 2.25. The van der Waals surface area contributed by atoms with E-state index in [4.69, 9.17) is 4.74 Å². The number of hydrogen-bond donors (Lipinski definition) is 1. The first-order valence-corrected chi connectivity index (χ1v) is 12.2. The molecular formula is C28H33N5O2. The van der Waals surface area contributed by atoms with E-state index in [2.05, 4.69) is 34.0 Å². The van der Waals surface area contributed by atoms with Crippen molar-refractivity contribution in [2.75, 3.05) is 31.6 Å². The summed E-state index contributed by atoms with van der Waals surface area (Å²) in [5.74, 6) is 2.03. The summed E-state index contributed by atoms with van der Waals surface area (Å²) in [5, 5.41) is 4.16. The number of ether oxygens (including phenoxy) is 1. The molecule has 0 aliphatic carbocycles. The molecule has 1 aromatic carbocycles. The van der Waals surface area contributed by atoms with Crippen LogP contribution in [0.4, 0.5) is 11.6 Å². The fraction of sp³-hybridized carbons (Fsp3) is 0.321. The lowest BCUT2D eigenvalue weighted by Gasteiger charge is -2.18. The molecule has 0 fully saturated rings. The molecule has 0 atom stereocenters. The first-order valence-electron chi connectivity index (χ1n) is 12.2. The Hall–Kier alpha value is -3.71. The molecule has 0 saturated carbocycles. The zero-order valence-corrected chi connectivity index (χ0v) is 20.9. The second-order valence-electron chi connectivity index (χ2n) is 8.43. The van der Waals surface area contributed by atoms with Gasteiger partial charge in [0, 0.05) is 36.3 Å². The first kappa shape index (κ1) is 24.4. The quantitative estimate of drug-likeness (QED) is 0.341. The van der Waals surface area contributed by atoms with Crippen LogP contribution in [0.25, 0.3) is 22.0 Å². The van der Waals surface area contributed by atoms with Gasteiger partial charge in [-0.3, -0.25) is 4.79 Å². The SMILES string of the molecule is CCN(CC)CCOc1ccc(Nc2cc3c(cn2)cc(-c2ccccc2C)c(=O)n3CC)nc1. The van der Waals surface area contributed by atoms with Gasteiger partial charge >= 0.3 is 0 Å². The zero-order valence-electron chi connectivity index (χ0n) is 20.9. The van der Waals surface area contributed by atoms with Gasteiger partial charge in [-0.15, -0.1) is 0 Å². The summed E-state index contributed by atoms with van der Waals surface area (Å²) in [4.78, 5) is 24.7. The Morgan fingerprint density at radius 3 is 2.40 bits per heavy atom. The molecule has 0 unspecified atom stereocenters. The van der Waals surface area contributed by atoms with E-state index in [9.17, 15) is 4.79 Å². The van der Waals surface area contributed by atoms with Gasteiger partial charge < -0.3 is 19.5 Å². The monoisotopic (exact) mass is 471 g/mol. The molecule has 0 amide bonds. The molecule has 0 aliphatic rings. The number of aryl methyl sites for hydroxylation is 2. The number of aromatic nitrogens is 3. The van der Waals surface area contributed by atoms with Crippen LogP contribution in [0.5, 0.6) is 5.75 Å². The molecule has 4 rings (SSSR count). The Morgan fingerprint density at radius 1 is 0.943 bits per heavy atom. The van der Waals surface area contributed by atoms with E-state index < -0.39 is 0 Å². The minimum Gasteiger partial charge on any atom is -0.491 e. The third kappa shape index (κ3) is 5.52. The highest BCUT2D eigenvalue weighted by molar-refractivity contribution is 5.86. The summed E-state index contributed by atoms with van der Waals surface area (Å²) in [5.41, 5.74) is 3.55.